The van der Waals surface area contributed by atoms with Crippen LogP contribution in [0.1, 0.15) is 33.9 Å². The van der Waals surface area contributed by atoms with E-state index in [4.69, 9.17) is 23.2 Å². The highest BCUT2D eigenvalue weighted by atomic mass is 35.5. The van der Waals surface area contributed by atoms with E-state index in [1.54, 1.807) is 12.1 Å². The second kappa shape index (κ2) is 12.5. The van der Waals surface area contributed by atoms with Crippen molar-refractivity contribution in [2.24, 2.45) is 0 Å². The first kappa shape index (κ1) is 28.9. The van der Waals surface area contributed by atoms with E-state index in [0.29, 0.717) is 5.56 Å². The summed E-state index contributed by atoms with van der Waals surface area (Å²) in [4.78, 5) is 53.0. The summed E-state index contributed by atoms with van der Waals surface area (Å²) in [6, 6.07) is 12.7. The summed E-state index contributed by atoms with van der Waals surface area (Å²) in [7, 11) is 0. The number of hydrogen-bond donors (Lipinski definition) is 4. The van der Waals surface area contributed by atoms with Gasteiger partial charge in [-0.25, -0.2) is 0 Å². The molecule has 2 aromatic heterocycles. The molecule has 0 spiro atoms. The fraction of sp³-hybridized carbons (Fsp3) is 0.107. The molecular weight excluding hydrogens is 603 g/mol. The normalized spacial score (nSPS) is 11.7. The van der Waals surface area contributed by atoms with Crippen LogP contribution < -0.4 is 26.8 Å². The van der Waals surface area contributed by atoms with Gasteiger partial charge in [0, 0.05) is 35.4 Å². The Labute approximate surface area is 252 Å². The third kappa shape index (κ3) is 6.30. The van der Waals surface area contributed by atoms with Gasteiger partial charge in [0.1, 0.15) is 17.1 Å². The quantitative estimate of drug-likeness (QED) is 0.147. The smallest absolute Gasteiger partial charge is 0.305 e. The lowest BCUT2D eigenvalue weighted by atomic mass is 10.0. The standard InChI is InChI=1S/C28H20Cl2N6O5S/c29-18-11-31-12-19(30)23(18)34-28(41)17-7-5-15(6-8-17)20(9-22(37)38)33-25-24(26(39)27(25)40)32-10-14-1-3-16(4-2-14)21-13-42-36-35-21/h1-8,11-13,20,32-33H,9-10H2,(H,37,38)(H,31,34,41). The van der Waals surface area contributed by atoms with E-state index < -0.39 is 28.8 Å². The summed E-state index contributed by atoms with van der Waals surface area (Å²) < 4.78 is 3.85. The van der Waals surface area contributed by atoms with E-state index in [1.165, 1.54) is 36.1 Å². The first-order valence-electron chi connectivity index (χ1n) is 12.3. The predicted octanol–water partition coefficient (Wildman–Crippen LogP) is 5.00. The van der Waals surface area contributed by atoms with Crippen LogP contribution in [-0.2, 0) is 11.3 Å². The van der Waals surface area contributed by atoms with E-state index in [2.05, 4.69) is 30.5 Å². The van der Waals surface area contributed by atoms with Gasteiger partial charge in [-0.2, -0.15) is 0 Å². The molecule has 0 aliphatic carbocycles. The lowest BCUT2D eigenvalue weighted by Gasteiger charge is -2.22. The van der Waals surface area contributed by atoms with Gasteiger partial charge in [-0.1, -0.05) is 64.1 Å². The van der Waals surface area contributed by atoms with Crippen LogP contribution in [0.3, 0.4) is 0 Å². The molecular formula is C28H20Cl2N6O5S. The number of hydrogen-bond acceptors (Lipinski definition) is 10. The molecule has 42 heavy (non-hydrogen) atoms. The second-order valence-corrected chi connectivity index (χ2v) is 10.5. The molecule has 2 heterocycles. The third-order valence-corrected chi connectivity index (χ3v) is 7.43. The average Bonchev–Trinajstić information content (AvgIpc) is 3.53. The van der Waals surface area contributed by atoms with Crippen molar-refractivity contribution in [1.82, 2.24) is 14.6 Å². The fourth-order valence-corrected chi connectivity index (χ4v) is 5.08. The van der Waals surface area contributed by atoms with Crippen LogP contribution >= 0.6 is 34.7 Å². The number of amides is 1. The first-order chi connectivity index (χ1) is 20.2. The number of pyridine rings is 1. The van der Waals surface area contributed by atoms with Crippen molar-refractivity contribution in [2.75, 3.05) is 16.0 Å². The molecule has 0 aliphatic rings. The van der Waals surface area contributed by atoms with E-state index in [-0.39, 0.29) is 45.6 Å². The van der Waals surface area contributed by atoms with Gasteiger partial charge in [0.2, 0.25) is 0 Å². The zero-order chi connectivity index (χ0) is 29.8. The first-order valence-corrected chi connectivity index (χ1v) is 13.9. The highest BCUT2D eigenvalue weighted by Gasteiger charge is 2.25. The molecule has 14 heteroatoms. The topological polar surface area (TPSA) is 163 Å². The summed E-state index contributed by atoms with van der Waals surface area (Å²) in [6.45, 7) is 0.258. The van der Waals surface area contributed by atoms with E-state index in [1.807, 2.05) is 29.6 Å². The van der Waals surface area contributed by atoms with Crippen molar-refractivity contribution in [3.8, 4) is 11.3 Å². The van der Waals surface area contributed by atoms with Crippen LogP contribution in [0.5, 0.6) is 0 Å². The maximum absolute atomic E-state index is 12.7. The van der Waals surface area contributed by atoms with Gasteiger partial charge in [-0.3, -0.25) is 24.2 Å². The van der Waals surface area contributed by atoms with Gasteiger partial charge in [0.25, 0.3) is 16.8 Å². The van der Waals surface area contributed by atoms with Crippen molar-refractivity contribution in [3.05, 3.63) is 113 Å². The number of carboxylic acids is 1. The molecule has 5 rings (SSSR count). The minimum Gasteiger partial charge on any atom is -0.481 e. The lowest BCUT2D eigenvalue weighted by Crippen LogP contribution is -2.38. The van der Waals surface area contributed by atoms with E-state index in [0.717, 1.165) is 16.8 Å². The molecule has 1 unspecified atom stereocenters. The number of carbonyl (C=O) groups is 2. The molecule has 1 atom stereocenters. The zero-order valence-electron chi connectivity index (χ0n) is 21.4. The van der Waals surface area contributed by atoms with Gasteiger partial charge < -0.3 is 21.1 Å². The number of benzene rings is 2. The molecule has 0 saturated carbocycles. The lowest BCUT2D eigenvalue weighted by molar-refractivity contribution is -0.137. The van der Waals surface area contributed by atoms with Crippen molar-refractivity contribution in [3.63, 3.8) is 0 Å². The molecule has 0 saturated heterocycles. The molecule has 4 N–H and O–H groups in total. The molecule has 5 aromatic rings. The Bertz CT molecular complexity index is 1800. The van der Waals surface area contributed by atoms with Gasteiger partial charge >= 0.3 is 5.97 Å². The Morgan fingerprint density at radius 3 is 2.19 bits per heavy atom. The number of nitrogens with zero attached hydrogens (tertiary/aromatic N) is 3. The molecule has 11 nitrogen and oxygen atoms in total. The number of aliphatic carboxylic acids is 1. The molecule has 0 fully saturated rings. The predicted molar refractivity (Wildman–Crippen MR) is 161 cm³/mol. The second-order valence-electron chi connectivity index (χ2n) is 9.10. The Morgan fingerprint density at radius 1 is 0.905 bits per heavy atom. The van der Waals surface area contributed by atoms with Crippen LogP contribution in [0, 0.1) is 0 Å². The Hall–Kier alpha value is -4.65. The van der Waals surface area contributed by atoms with Gasteiger partial charge in [-0.15, -0.1) is 5.10 Å². The van der Waals surface area contributed by atoms with Crippen molar-refractivity contribution in [1.29, 1.82) is 0 Å². The van der Waals surface area contributed by atoms with Crippen molar-refractivity contribution < 1.29 is 14.7 Å². The number of aromatic nitrogens is 3. The van der Waals surface area contributed by atoms with Gasteiger partial charge in [0.15, 0.2) is 0 Å². The molecule has 0 aliphatic heterocycles. The summed E-state index contributed by atoms with van der Waals surface area (Å²) in [5.41, 5.74) is 2.09. The summed E-state index contributed by atoms with van der Waals surface area (Å²) in [5, 5.41) is 24.2. The number of carbonyl (C=O) groups excluding carboxylic acids is 1. The number of halogens is 2. The Kier molecular flexibility index (Phi) is 8.57. The summed E-state index contributed by atoms with van der Waals surface area (Å²) in [6.07, 6.45) is 2.30. The van der Waals surface area contributed by atoms with Crippen molar-refractivity contribution in [2.45, 2.75) is 19.0 Å². The zero-order valence-corrected chi connectivity index (χ0v) is 23.8. The van der Waals surface area contributed by atoms with E-state index >= 15 is 0 Å². The fourth-order valence-electron chi connectivity index (χ4n) is 4.16. The summed E-state index contributed by atoms with van der Waals surface area (Å²) >= 11 is 13.4. The largest absolute Gasteiger partial charge is 0.481 e. The Morgan fingerprint density at radius 2 is 1.57 bits per heavy atom. The van der Waals surface area contributed by atoms with Crippen molar-refractivity contribution >= 4 is 63.7 Å². The minimum atomic E-state index is -1.13. The highest BCUT2D eigenvalue weighted by molar-refractivity contribution is 7.03. The van der Waals surface area contributed by atoms with Gasteiger partial charge in [-0.05, 0) is 34.8 Å². The molecule has 0 radical (unpaired) electrons. The minimum absolute atomic E-state index is 0.000193. The number of rotatable bonds is 11. The maximum atomic E-state index is 12.7. The van der Waals surface area contributed by atoms with E-state index in [9.17, 15) is 24.3 Å². The Balaban J connectivity index is 1.29. The summed E-state index contributed by atoms with van der Waals surface area (Å²) in [5.74, 6) is -1.62. The molecule has 0 bridgehead atoms. The average molecular weight is 623 g/mol. The van der Waals surface area contributed by atoms with Crippen LogP contribution in [0.25, 0.3) is 11.3 Å². The highest BCUT2D eigenvalue weighted by Crippen LogP contribution is 2.30. The molecule has 212 valence electrons. The number of carboxylic acid groups (broad SMARTS) is 1. The van der Waals surface area contributed by atoms with Crippen LogP contribution in [-0.4, -0.2) is 31.6 Å². The van der Waals surface area contributed by atoms with Gasteiger partial charge in [0.05, 0.1) is 28.2 Å². The molecule has 1 amide bonds. The number of anilines is 3. The van der Waals surface area contributed by atoms with Crippen LogP contribution in [0.15, 0.2) is 75.9 Å². The number of nitrogens with one attached hydrogen (secondary N) is 3. The SMILES string of the molecule is O=C(O)CC(Nc1c(NCc2ccc(-c3csnn3)cc2)c(=O)c1=O)c1ccc(C(=O)Nc2c(Cl)cncc2Cl)cc1. The maximum Gasteiger partial charge on any atom is 0.305 e. The molecule has 3 aromatic carbocycles. The van der Waals surface area contributed by atoms with Crippen LogP contribution in [0.2, 0.25) is 10.0 Å². The van der Waals surface area contributed by atoms with Crippen LogP contribution in [0.4, 0.5) is 17.1 Å². The third-order valence-electron chi connectivity index (χ3n) is 6.35. The monoisotopic (exact) mass is 622 g/mol.